The molecule has 0 atom stereocenters. The van der Waals surface area contributed by atoms with Crippen molar-refractivity contribution in [3.8, 4) is 0 Å². The Hall–Kier alpha value is -2.11. The van der Waals surface area contributed by atoms with Crippen molar-refractivity contribution in [2.24, 2.45) is 0 Å². The number of nitro benzene ring substituents is 1. The van der Waals surface area contributed by atoms with E-state index in [1.807, 2.05) is 0 Å². The smallest absolute Gasteiger partial charge is 0.323 e. The monoisotopic (exact) mass is 250 g/mol. The summed E-state index contributed by atoms with van der Waals surface area (Å²) in [4.78, 5) is 22.9. The first kappa shape index (κ1) is 12.3. The molecule has 0 heterocycles. The molecule has 1 aromatic rings. The first-order valence-corrected chi connectivity index (χ1v) is 5.72. The lowest BCUT2D eigenvalue weighted by Gasteiger charge is -2.22. The largest absolute Gasteiger partial charge is 0.480 e. The lowest BCUT2D eigenvalue weighted by Crippen LogP contribution is -2.31. The number of aryl methyl sites for hydroxylation is 1. The maximum atomic E-state index is 10.8. The number of hydrogen-bond acceptors (Lipinski definition) is 4. The van der Waals surface area contributed by atoms with Gasteiger partial charge in [0.05, 0.1) is 4.92 Å². The van der Waals surface area contributed by atoms with Gasteiger partial charge in [0.15, 0.2) is 0 Å². The van der Waals surface area contributed by atoms with E-state index in [2.05, 4.69) is 0 Å². The van der Waals surface area contributed by atoms with Gasteiger partial charge in [0, 0.05) is 23.9 Å². The number of aliphatic carboxylic acids is 1. The molecule has 1 fully saturated rings. The van der Waals surface area contributed by atoms with Crippen molar-refractivity contribution in [2.75, 3.05) is 11.4 Å². The third-order valence-corrected chi connectivity index (χ3v) is 2.88. The number of rotatable bonds is 5. The summed E-state index contributed by atoms with van der Waals surface area (Å²) in [5.41, 5.74) is 1.38. The molecule has 0 amide bonds. The summed E-state index contributed by atoms with van der Waals surface area (Å²) < 4.78 is 0. The first-order chi connectivity index (χ1) is 8.47. The molecule has 0 unspecified atom stereocenters. The van der Waals surface area contributed by atoms with Crippen molar-refractivity contribution in [3.05, 3.63) is 33.9 Å². The highest BCUT2D eigenvalue weighted by Crippen LogP contribution is 2.33. The Morgan fingerprint density at radius 2 is 2.17 bits per heavy atom. The predicted octanol–water partition coefficient (Wildman–Crippen LogP) is 1.96. The SMILES string of the molecule is Cc1cc(N(CC(=O)O)C2CC2)cc([N+](=O)[O-])c1. The van der Waals surface area contributed by atoms with E-state index < -0.39 is 10.9 Å². The minimum atomic E-state index is -0.925. The van der Waals surface area contributed by atoms with Crippen LogP contribution in [0.3, 0.4) is 0 Å². The van der Waals surface area contributed by atoms with E-state index in [0.717, 1.165) is 18.4 Å². The molecule has 6 nitrogen and oxygen atoms in total. The van der Waals surface area contributed by atoms with Gasteiger partial charge in [0.25, 0.3) is 5.69 Å². The molecule has 0 aromatic heterocycles. The summed E-state index contributed by atoms with van der Waals surface area (Å²) in [6.07, 6.45) is 1.88. The average molecular weight is 250 g/mol. The van der Waals surface area contributed by atoms with E-state index in [1.54, 1.807) is 17.9 Å². The Balaban J connectivity index is 2.34. The number of carboxylic acids is 1. The number of hydrogen-bond donors (Lipinski definition) is 1. The minimum Gasteiger partial charge on any atom is -0.480 e. The van der Waals surface area contributed by atoms with E-state index in [0.29, 0.717) is 5.69 Å². The standard InChI is InChI=1S/C12H14N2O4/c1-8-4-10(6-11(5-8)14(17)18)13(7-12(15)16)9-2-3-9/h4-6,9H,2-3,7H2,1H3,(H,15,16). The minimum absolute atomic E-state index is 0.000962. The summed E-state index contributed by atoms with van der Waals surface area (Å²) in [5.74, 6) is -0.925. The van der Waals surface area contributed by atoms with Crippen LogP contribution < -0.4 is 4.90 Å². The van der Waals surface area contributed by atoms with Gasteiger partial charge in [-0.15, -0.1) is 0 Å². The maximum absolute atomic E-state index is 10.8. The second kappa shape index (κ2) is 4.64. The van der Waals surface area contributed by atoms with Gasteiger partial charge in [-0.3, -0.25) is 14.9 Å². The predicted molar refractivity (Wildman–Crippen MR) is 65.8 cm³/mol. The number of carbonyl (C=O) groups is 1. The van der Waals surface area contributed by atoms with Gasteiger partial charge >= 0.3 is 5.97 Å². The van der Waals surface area contributed by atoms with Crippen LogP contribution in [0.5, 0.6) is 0 Å². The van der Waals surface area contributed by atoms with Crippen molar-refractivity contribution in [3.63, 3.8) is 0 Å². The zero-order chi connectivity index (χ0) is 13.3. The molecule has 1 aliphatic carbocycles. The van der Waals surface area contributed by atoms with E-state index in [-0.39, 0.29) is 18.3 Å². The lowest BCUT2D eigenvalue weighted by atomic mass is 10.1. The average Bonchev–Trinajstić information content (AvgIpc) is 3.08. The second-order valence-corrected chi connectivity index (χ2v) is 4.54. The van der Waals surface area contributed by atoms with E-state index in [9.17, 15) is 14.9 Å². The zero-order valence-electron chi connectivity index (χ0n) is 10.00. The number of nitro groups is 1. The highest BCUT2D eigenvalue weighted by Gasteiger charge is 2.31. The van der Waals surface area contributed by atoms with Crippen LogP contribution >= 0.6 is 0 Å². The molecule has 0 spiro atoms. The number of non-ortho nitro benzene ring substituents is 1. The number of carboxylic acid groups (broad SMARTS) is 1. The van der Waals surface area contributed by atoms with Gasteiger partial charge in [-0.05, 0) is 31.4 Å². The fourth-order valence-electron chi connectivity index (χ4n) is 1.98. The van der Waals surface area contributed by atoms with Crippen LogP contribution in [0.1, 0.15) is 18.4 Å². The molecule has 1 aliphatic rings. The maximum Gasteiger partial charge on any atom is 0.323 e. The Bertz CT molecular complexity index is 497. The highest BCUT2D eigenvalue weighted by atomic mass is 16.6. The third kappa shape index (κ3) is 2.77. The van der Waals surface area contributed by atoms with Gasteiger partial charge in [0.2, 0.25) is 0 Å². The van der Waals surface area contributed by atoms with Crippen molar-refractivity contribution >= 4 is 17.3 Å². The molecule has 0 saturated heterocycles. The molecule has 18 heavy (non-hydrogen) atoms. The fraction of sp³-hybridized carbons (Fsp3) is 0.417. The molecule has 6 heteroatoms. The lowest BCUT2D eigenvalue weighted by molar-refractivity contribution is -0.384. The summed E-state index contributed by atoms with van der Waals surface area (Å²) in [6.45, 7) is 1.65. The third-order valence-electron chi connectivity index (χ3n) is 2.88. The molecule has 0 bridgehead atoms. The fourth-order valence-corrected chi connectivity index (χ4v) is 1.98. The van der Waals surface area contributed by atoms with E-state index in [4.69, 9.17) is 5.11 Å². The van der Waals surface area contributed by atoms with Crippen LogP contribution in [0.25, 0.3) is 0 Å². The Labute approximate surface area is 104 Å². The van der Waals surface area contributed by atoms with E-state index in [1.165, 1.54) is 12.1 Å². The van der Waals surface area contributed by atoms with Gasteiger partial charge in [-0.2, -0.15) is 0 Å². The molecule has 96 valence electrons. The van der Waals surface area contributed by atoms with Crippen LogP contribution in [0.4, 0.5) is 11.4 Å². The molecule has 0 radical (unpaired) electrons. The summed E-state index contributed by atoms with van der Waals surface area (Å²) in [6, 6.07) is 4.90. The quantitative estimate of drug-likeness (QED) is 0.637. The van der Waals surface area contributed by atoms with Gasteiger partial charge < -0.3 is 10.0 Å². The van der Waals surface area contributed by atoms with Gasteiger partial charge in [-0.25, -0.2) is 0 Å². The summed E-state index contributed by atoms with van der Waals surface area (Å²) in [5, 5.41) is 19.7. The highest BCUT2D eigenvalue weighted by molar-refractivity contribution is 5.75. The van der Waals surface area contributed by atoms with Crippen LogP contribution in [0, 0.1) is 17.0 Å². The molecule has 1 aromatic carbocycles. The molecule has 2 rings (SSSR count). The van der Waals surface area contributed by atoms with Crippen molar-refractivity contribution in [1.82, 2.24) is 0 Å². The topological polar surface area (TPSA) is 83.7 Å². The van der Waals surface area contributed by atoms with Gasteiger partial charge in [0.1, 0.15) is 6.54 Å². The summed E-state index contributed by atoms with van der Waals surface area (Å²) >= 11 is 0. The summed E-state index contributed by atoms with van der Waals surface area (Å²) in [7, 11) is 0. The number of benzene rings is 1. The van der Waals surface area contributed by atoms with Crippen molar-refractivity contribution in [2.45, 2.75) is 25.8 Å². The van der Waals surface area contributed by atoms with Crippen LogP contribution in [0.2, 0.25) is 0 Å². The van der Waals surface area contributed by atoms with Crippen LogP contribution in [-0.4, -0.2) is 28.6 Å². The number of anilines is 1. The van der Waals surface area contributed by atoms with Crippen LogP contribution in [0.15, 0.2) is 18.2 Å². The molecular formula is C12H14N2O4. The second-order valence-electron chi connectivity index (χ2n) is 4.54. The molecule has 1 N–H and O–H groups in total. The van der Waals surface area contributed by atoms with E-state index >= 15 is 0 Å². The Morgan fingerprint density at radius 3 is 2.67 bits per heavy atom. The van der Waals surface area contributed by atoms with Crippen molar-refractivity contribution < 1.29 is 14.8 Å². The normalized spacial score (nSPS) is 14.3. The Kier molecular flexibility index (Phi) is 3.18. The molecular weight excluding hydrogens is 236 g/mol. The Morgan fingerprint density at radius 1 is 1.50 bits per heavy atom. The molecule has 1 saturated carbocycles. The number of nitrogens with zero attached hydrogens (tertiary/aromatic N) is 2. The van der Waals surface area contributed by atoms with Crippen LogP contribution in [-0.2, 0) is 4.79 Å². The molecule has 0 aliphatic heterocycles. The van der Waals surface area contributed by atoms with Gasteiger partial charge in [-0.1, -0.05) is 0 Å². The first-order valence-electron chi connectivity index (χ1n) is 5.72. The zero-order valence-corrected chi connectivity index (χ0v) is 10.00. The van der Waals surface area contributed by atoms with Crippen molar-refractivity contribution in [1.29, 1.82) is 0 Å².